The minimum Gasteiger partial charge on any atom is -0.337 e. The lowest BCUT2D eigenvalue weighted by Crippen LogP contribution is -2.53. The Labute approximate surface area is 224 Å². The molecule has 0 radical (unpaired) electrons. The van der Waals surface area contributed by atoms with Gasteiger partial charge in [0.25, 0.3) is 0 Å². The van der Waals surface area contributed by atoms with Crippen LogP contribution in [0.3, 0.4) is 0 Å². The number of benzene rings is 3. The van der Waals surface area contributed by atoms with E-state index in [1.165, 1.54) is 17.0 Å². The summed E-state index contributed by atoms with van der Waals surface area (Å²) in [5, 5.41) is 12.0. The Morgan fingerprint density at radius 3 is 2.36 bits per heavy atom. The van der Waals surface area contributed by atoms with E-state index in [1.54, 1.807) is 19.1 Å². The van der Waals surface area contributed by atoms with Gasteiger partial charge in [0.15, 0.2) is 0 Å². The summed E-state index contributed by atoms with van der Waals surface area (Å²) < 4.78 is 40.6. The summed E-state index contributed by atoms with van der Waals surface area (Å²) in [5.74, 6) is 0.377. The third-order valence-corrected chi connectivity index (χ3v) is 7.00. The molecule has 1 N–H and O–H groups in total. The standard InChI is InChI=1S/C30H25F3N4O2/c1-19-27(26-8-3-2-7-25(26)22-13-11-20(16-34)12-14-22)18-36(28(38)35-17-21-9-10-21)29(39)37(19)24-6-4-5-23(15-24)30(31,32)33/h2-8,11-15,21H,9-10,17-18H2,1H3,(H,35,38). The van der Waals surface area contributed by atoms with Gasteiger partial charge in [-0.3, -0.25) is 4.90 Å². The molecular weight excluding hydrogens is 505 g/mol. The van der Waals surface area contributed by atoms with Gasteiger partial charge in [-0.15, -0.1) is 0 Å². The molecule has 39 heavy (non-hydrogen) atoms. The molecule has 1 aliphatic carbocycles. The quantitative estimate of drug-likeness (QED) is 0.385. The van der Waals surface area contributed by atoms with Crippen LogP contribution in [-0.2, 0) is 6.18 Å². The van der Waals surface area contributed by atoms with E-state index < -0.39 is 23.8 Å². The number of hydrogen-bond acceptors (Lipinski definition) is 3. The molecule has 1 fully saturated rings. The number of urea groups is 2. The highest BCUT2D eigenvalue weighted by Crippen LogP contribution is 2.39. The minimum absolute atomic E-state index is 0.0142. The first-order valence-corrected chi connectivity index (χ1v) is 12.5. The third-order valence-electron chi connectivity index (χ3n) is 7.00. The van der Waals surface area contributed by atoms with Crippen LogP contribution in [0.25, 0.3) is 16.7 Å². The SMILES string of the molecule is CC1=C(c2ccccc2-c2ccc(C#N)cc2)CN(C(=O)NCC2CC2)C(=O)N1c1cccc(C(F)(F)F)c1. The predicted octanol–water partition coefficient (Wildman–Crippen LogP) is 7.04. The molecule has 0 atom stereocenters. The Morgan fingerprint density at radius 1 is 1.03 bits per heavy atom. The van der Waals surface area contributed by atoms with Crippen LogP contribution in [0.2, 0.25) is 0 Å². The monoisotopic (exact) mass is 530 g/mol. The summed E-state index contributed by atoms with van der Waals surface area (Å²) in [4.78, 5) is 29.0. The second-order valence-electron chi connectivity index (χ2n) is 9.68. The number of rotatable bonds is 5. The normalized spacial score (nSPS) is 15.8. The maximum Gasteiger partial charge on any atom is 0.416 e. The van der Waals surface area contributed by atoms with Gasteiger partial charge in [-0.2, -0.15) is 18.4 Å². The number of nitriles is 1. The molecule has 1 saturated carbocycles. The molecular formula is C30H25F3N4O2. The van der Waals surface area contributed by atoms with E-state index in [-0.39, 0.29) is 12.2 Å². The lowest BCUT2D eigenvalue weighted by atomic mass is 9.91. The number of imide groups is 1. The van der Waals surface area contributed by atoms with Crippen molar-refractivity contribution in [3.63, 3.8) is 0 Å². The van der Waals surface area contributed by atoms with Gasteiger partial charge >= 0.3 is 18.2 Å². The lowest BCUT2D eigenvalue weighted by Gasteiger charge is -2.37. The van der Waals surface area contributed by atoms with Gasteiger partial charge in [0, 0.05) is 12.2 Å². The van der Waals surface area contributed by atoms with Crippen molar-refractivity contribution in [1.82, 2.24) is 10.2 Å². The second kappa shape index (κ2) is 10.3. The van der Waals surface area contributed by atoms with Crippen LogP contribution in [0.4, 0.5) is 28.4 Å². The number of nitrogens with zero attached hydrogens (tertiary/aromatic N) is 3. The lowest BCUT2D eigenvalue weighted by molar-refractivity contribution is -0.137. The zero-order valence-electron chi connectivity index (χ0n) is 21.1. The van der Waals surface area contributed by atoms with E-state index in [0.29, 0.717) is 29.3 Å². The largest absolute Gasteiger partial charge is 0.416 e. The molecule has 6 nitrogen and oxygen atoms in total. The number of allylic oxidation sites excluding steroid dienone is 1. The number of nitrogens with one attached hydrogen (secondary N) is 1. The molecule has 0 unspecified atom stereocenters. The average molecular weight is 531 g/mol. The van der Waals surface area contributed by atoms with Gasteiger partial charge in [0.2, 0.25) is 0 Å². The van der Waals surface area contributed by atoms with Gasteiger partial charge in [-0.05, 0) is 78.3 Å². The number of hydrogen-bond donors (Lipinski definition) is 1. The highest BCUT2D eigenvalue weighted by Gasteiger charge is 2.38. The molecule has 0 saturated heterocycles. The van der Waals surface area contributed by atoms with E-state index in [2.05, 4.69) is 11.4 Å². The maximum atomic E-state index is 13.6. The Kier molecular flexibility index (Phi) is 6.87. The van der Waals surface area contributed by atoms with E-state index in [9.17, 15) is 28.0 Å². The number of carbonyl (C=O) groups excluding carboxylic acids is 2. The zero-order valence-corrected chi connectivity index (χ0v) is 21.1. The topological polar surface area (TPSA) is 76.4 Å². The van der Waals surface area contributed by atoms with Crippen molar-refractivity contribution in [3.8, 4) is 17.2 Å². The van der Waals surface area contributed by atoms with E-state index in [4.69, 9.17) is 0 Å². The van der Waals surface area contributed by atoms with Crippen molar-refractivity contribution in [2.24, 2.45) is 5.92 Å². The van der Waals surface area contributed by atoms with Gasteiger partial charge < -0.3 is 5.32 Å². The van der Waals surface area contributed by atoms with Gasteiger partial charge in [-0.25, -0.2) is 14.5 Å². The molecule has 2 aliphatic rings. The third kappa shape index (κ3) is 5.36. The first-order valence-electron chi connectivity index (χ1n) is 12.5. The molecule has 1 aliphatic heterocycles. The van der Waals surface area contributed by atoms with Crippen molar-refractivity contribution < 1.29 is 22.8 Å². The average Bonchev–Trinajstić information content (AvgIpc) is 3.76. The Bertz CT molecular complexity index is 1500. The molecule has 1 heterocycles. The van der Waals surface area contributed by atoms with E-state index in [0.717, 1.165) is 46.6 Å². The molecule has 0 spiro atoms. The smallest absolute Gasteiger partial charge is 0.337 e. The molecule has 3 aromatic carbocycles. The maximum absolute atomic E-state index is 13.6. The van der Waals surface area contributed by atoms with Gasteiger partial charge in [0.1, 0.15) is 0 Å². The molecule has 0 bridgehead atoms. The number of anilines is 1. The molecule has 0 aromatic heterocycles. The van der Waals surface area contributed by atoms with Crippen molar-refractivity contribution in [2.45, 2.75) is 25.9 Å². The van der Waals surface area contributed by atoms with Crippen LogP contribution in [0, 0.1) is 17.2 Å². The van der Waals surface area contributed by atoms with Gasteiger partial charge in [0.05, 0.1) is 29.4 Å². The molecule has 198 valence electrons. The summed E-state index contributed by atoms with van der Waals surface area (Å²) in [6.07, 6.45) is -2.58. The van der Waals surface area contributed by atoms with Crippen LogP contribution < -0.4 is 10.2 Å². The number of carbonyl (C=O) groups is 2. The van der Waals surface area contributed by atoms with Crippen LogP contribution >= 0.6 is 0 Å². The summed E-state index contributed by atoms with van der Waals surface area (Å²) in [5.41, 5.74) is 3.01. The number of alkyl halides is 3. The Hall–Kier alpha value is -4.58. The zero-order chi connectivity index (χ0) is 27.7. The fraction of sp³-hybridized carbons (Fsp3) is 0.233. The molecule has 4 amide bonds. The summed E-state index contributed by atoms with van der Waals surface area (Å²) in [6.45, 7) is 2.05. The van der Waals surface area contributed by atoms with Crippen molar-refractivity contribution in [3.05, 3.63) is 95.2 Å². The highest BCUT2D eigenvalue weighted by molar-refractivity contribution is 6.09. The first-order chi connectivity index (χ1) is 18.7. The summed E-state index contributed by atoms with van der Waals surface area (Å²) in [7, 11) is 0. The minimum atomic E-state index is -4.60. The van der Waals surface area contributed by atoms with Crippen molar-refractivity contribution in [1.29, 1.82) is 5.26 Å². The van der Waals surface area contributed by atoms with Crippen LogP contribution in [-0.4, -0.2) is 30.1 Å². The fourth-order valence-electron chi connectivity index (χ4n) is 4.67. The molecule has 5 rings (SSSR count). The Morgan fingerprint density at radius 2 is 1.72 bits per heavy atom. The Balaban J connectivity index is 1.63. The highest BCUT2D eigenvalue weighted by atomic mass is 19.4. The van der Waals surface area contributed by atoms with E-state index >= 15 is 0 Å². The van der Waals surface area contributed by atoms with E-state index in [1.807, 2.05) is 36.4 Å². The number of amides is 4. The molecule has 9 heteroatoms. The predicted molar refractivity (Wildman–Crippen MR) is 141 cm³/mol. The first kappa shape index (κ1) is 26.0. The number of halogens is 3. The second-order valence-corrected chi connectivity index (χ2v) is 9.68. The van der Waals surface area contributed by atoms with Crippen molar-refractivity contribution in [2.75, 3.05) is 18.0 Å². The van der Waals surface area contributed by atoms with Crippen LogP contribution in [0.15, 0.2) is 78.5 Å². The summed E-state index contributed by atoms with van der Waals surface area (Å²) in [6, 6.07) is 19.7. The summed E-state index contributed by atoms with van der Waals surface area (Å²) >= 11 is 0. The van der Waals surface area contributed by atoms with Crippen molar-refractivity contribution >= 4 is 23.3 Å². The fourth-order valence-corrected chi connectivity index (χ4v) is 4.67. The van der Waals surface area contributed by atoms with Gasteiger partial charge in [-0.1, -0.05) is 42.5 Å². The van der Waals surface area contributed by atoms with Crippen LogP contribution in [0.1, 0.15) is 36.5 Å². The molecule has 3 aromatic rings. The van der Waals surface area contributed by atoms with Crippen LogP contribution in [0.5, 0.6) is 0 Å².